The molecule has 1 aromatic heterocycles. The maximum Gasteiger partial charge on any atom is 0.136 e. The van der Waals surface area contributed by atoms with Crippen molar-refractivity contribution in [2.75, 3.05) is 0 Å². The zero-order valence-electron chi connectivity index (χ0n) is 10.4. The Bertz CT molecular complexity index is 612. The zero-order valence-corrected chi connectivity index (χ0v) is 11.9. The van der Waals surface area contributed by atoms with E-state index in [1.54, 1.807) is 12.1 Å². The molecule has 2 aromatic rings. The third-order valence-electron chi connectivity index (χ3n) is 3.03. The third kappa shape index (κ3) is 2.90. The lowest BCUT2D eigenvalue weighted by atomic mass is 10.3. The summed E-state index contributed by atoms with van der Waals surface area (Å²) in [6.45, 7) is 1.91. The minimum absolute atomic E-state index is 0.236. The van der Waals surface area contributed by atoms with Crippen molar-refractivity contribution in [3.05, 3.63) is 46.6 Å². The molecule has 5 heteroatoms. The van der Waals surface area contributed by atoms with Gasteiger partial charge in [-0.1, -0.05) is 23.4 Å². The smallest absolute Gasteiger partial charge is 0.136 e. The van der Waals surface area contributed by atoms with Crippen molar-refractivity contribution >= 4 is 23.4 Å². The largest absolute Gasteiger partial charge is 0.226 e. The summed E-state index contributed by atoms with van der Waals surface area (Å²) >= 11 is 7.65. The molecule has 0 N–H and O–H groups in total. The van der Waals surface area contributed by atoms with Gasteiger partial charge in [0.15, 0.2) is 0 Å². The van der Waals surface area contributed by atoms with Crippen LogP contribution in [0.3, 0.4) is 0 Å². The number of hydrogen-bond acceptors (Lipinski definition) is 3. The highest BCUT2D eigenvalue weighted by atomic mass is 35.5. The number of rotatable bonds is 3. The Hall–Kier alpha value is -1.13. The van der Waals surface area contributed by atoms with Gasteiger partial charge in [0.1, 0.15) is 21.8 Å². The molecule has 0 atom stereocenters. The number of halogens is 2. The van der Waals surface area contributed by atoms with E-state index in [0.717, 1.165) is 34.2 Å². The first-order chi connectivity index (χ1) is 9.13. The molecule has 0 unspecified atom stereocenters. The van der Waals surface area contributed by atoms with Gasteiger partial charge in [0.2, 0.25) is 0 Å². The Morgan fingerprint density at radius 1 is 1.21 bits per heavy atom. The van der Waals surface area contributed by atoms with E-state index in [2.05, 4.69) is 9.97 Å². The Morgan fingerprint density at radius 3 is 2.53 bits per heavy atom. The van der Waals surface area contributed by atoms with Crippen LogP contribution >= 0.6 is 23.4 Å². The summed E-state index contributed by atoms with van der Waals surface area (Å²) in [5.41, 5.74) is 0.875. The van der Waals surface area contributed by atoms with E-state index >= 15 is 0 Å². The molecule has 0 radical (unpaired) electrons. The summed E-state index contributed by atoms with van der Waals surface area (Å²) in [6, 6.07) is 6.38. The molecular weight excluding hydrogens is 283 g/mol. The van der Waals surface area contributed by atoms with Crippen LogP contribution in [-0.2, 0) is 0 Å². The van der Waals surface area contributed by atoms with Gasteiger partial charge in [0.05, 0.1) is 0 Å². The van der Waals surface area contributed by atoms with Gasteiger partial charge in [-0.05, 0) is 44.0 Å². The summed E-state index contributed by atoms with van der Waals surface area (Å²) in [4.78, 5) is 9.86. The topological polar surface area (TPSA) is 25.8 Å². The Kier molecular flexibility index (Phi) is 3.46. The maximum absolute atomic E-state index is 12.9. The highest BCUT2D eigenvalue weighted by Crippen LogP contribution is 2.40. The van der Waals surface area contributed by atoms with E-state index in [9.17, 15) is 4.39 Å². The highest BCUT2D eigenvalue weighted by molar-refractivity contribution is 7.99. The van der Waals surface area contributed by atoms with Crippen molar-refractivity contribution in [1.82, 2.24) is 9.97 Å². The average Bonchev–Trinajstić information content (AvgIpc) is 3.21. The molecule has 0 amide bonds. The first-order valence-corrected chi connectivity index (χ1v) is 7.30. The molecule has 19 heavy (non-hydrogen) atoms. The molecular formula is C14H12ClFN2S. The fraction of sp³-hybridized carbons (Fsp3) is 0.286. The van der Waals surface area contributed by atoms with Crippen molar-refractivity contribution in [2.45, 2.75) is 35.6 Å². The number of benzene rings is 1. The standard InChI is InChI=1S/C14H12ClFN2S/c1-8-12(15)17-13(9-2-3-9)18-14(8)19-11-6-4-10(16)5-7-11/h4-7,9H,2-3H2,1H3. The molecule has 1 fully saturated rings. The van der Waals surface area contributed by atoms with Crippen molar-refractivity contribution in [3.8, 4) is 0 Å². The summed E-state index contributed by atoms with van der Waals surface area (Å²) < 4.78 is 12.9. The molecule has 1 aliphatic carbocycles. The first kappa shape index (κ1) is 12.9. The average molecular weight is 295 g/mol. The van der Waals surface area contributed by atoms with Gasteiger partial charge >= 0.3 is 0 Å². The fourth-order valence-corrected chi connectivity index (χ4v) is 2.84. The number of hydrogen-bond donors (Lipinski definition) is 0. The molecule has 0 bridgehead atoms. The van der Waals surface area contributed by atoms with Gasteiger partial charge in [-0.3, -0.25) is 0 Å². The molecule has 3 rings (SSSR count). The van der Waals surface area contributed by atoms with Gasteiger partial charge in [0.25, 0.3) is 0 Å². The van der Waals surface area contributed by atoms with E-state index in [-0.39, 0.29) is 5.82 Å². The molecule has 1 saturated carbocycles. The van der Waals surface area contributed by atoms with Crippen LogP contribution in [0.4, 0.5) is 4.39 Å². The van der Waals surface area contributed by atoms with E-state index in [0.29, 0.717) is 11.1 Å². The Labute approximate surface area is 120 Å². The van der Waals surface area contributed by atoms with Crippen LogP contribution in [0, 0.1) is 12.7 Å². The molecule has 0 aliphatic heterocycles. The van der Waals surface area contributed by atoms with Crippen molar-refractivity contribution in [3.63, 3.8) is 0 Å². The number of nitrogens with zero attached hydrogens (tertiary/aromatic N) is 2. The second kappa shape index (κ2) is 5.10. The first-order valence-electron chi connectivity index (χ1n) is 6.11. The van der Waals surface area contributed by atoms with Crippen molar-refractivity contribution in [2.24, 2.45) is 0 Å². The summed E-state index contributed by atoms with van der Waals surface area (Å²) in [7, 11) is 0. The van der Waals surface area contributed by atoms with E-state index < -0.39 is 0 Å². The predicted octanol–water partition coefficient (Wildman–Crippen LogP) is 4.61. The molecule has 0 saturated heterocycles. The molecule has 1 aromatic carbocycles. The zero-order chi connectivity index (χ0) is 13.4. The molecule has 1 heterocycles. The van der Waals surface area contributed by atoms with Crippen LogP contribution in [0.15, 0.2) is 34.2 Å². The summed E-state index contributed by atoms with van der Waals surface area (Å²) in [6.07, 6.45) is 2.28. The maximum atomic E-state index is 12.9. The second-order valence-electron chi connectivity index (χ2n) is 4.63. The van der Waals surface area contributed by atoms with Gasteiger partial charge < -0.3 is 0 Å². The predicted molar refractivity (Wildman–Crippen MR) is 74.3 cm³/mol. The van der Waals surface area contributed by atoms with Crippen LogP contribution < -0.4 is 0 Å². The monoisotopic (exact) mass is 294 g/mol. The molecule has 2 nitrogen and oxygen atoms in total. The fourth-order valence-electron chi connectivity index (χ4n) is 1.72. The molecule has 0 spiro atoms. The van der Waals surface area contributed by atoms with Gasteiger partial charge in [-0.15, -0.1) is 0 Å². The lowest BCUT2D eigenvalue weighted by molar-refractivity contribution is 0.626. The summed E-state index contributed by atoms with van der Waals surface area (Å²) in [5, 5.41) is 1.37. The van der Waals surface area contributed by atoms with Gasteiger partial charge in [-0.25, -0.2) is 14.4 Å². The van der Waals surface area contributed by atoms with E-state index in [1.807, 2.05) is 6.92 Å². The van der Waals surface area contributed by atoms with E-state index in [1.165, 1.54) is 23.9 Å². The van der Waals surface area contributed by atoms with Crippen molar-refractivity contribution < 1.29 is 4.39 Å². The minimum atomic E-state index is -0.236. The van der Waals surface area contributed by atoms with E-state index in [4.69, 9.17) is 11.6 Å². The quantitative estimate of drug-likeness (QED) is 0.773. The van der Waals surface area contributed by atoms with Crippen molar-refractivity contribution in [1.29, 1.82) is 0 Å². The minimum Gasteiger partial charge on any atom is -0.226 e. The lowest BCUT2D eigenvalue weighted by Crippen LogP contribution is -1.98. The highest BCUT2D eigenvalue weighted by Gasteiger charge is 2.28. The molecule has 1 aliphatic rings. The van der Waals surface area contributed by atoms with Crippen LogP contribution in [-0.4, -0.2) is 9.97 Å². The lowest BCUT2D eigenvalue weighted by Gasteiger charge is -2.08. The third-order valence-corrected chi connectivity index (χ3v) is 4.50. The SMILES string of the molecule is Cc1c(Cl)nc(C2CC2)nc1Sc1ccc(F)cc1. The summed E-state index contributed by atoms with van der Waals surface area (Å²) in [5.74, 6) is 1.06. The van der Waals surface area contributed by atoms with Gasteiger partial charge in [0, 0.05) is 16.4 Å². The Morgan fingerprint density at radius 2 is 1.89 bits per heavy atom. The Balaban J connectivity index is 1.92. The van der Waals surface area contributed by atoms with Crippen LogP contribution in [0.25, 0.3) is 0 Å². The molecule has 98 valence electrons. The van der Waals surface area contributed by atoms with Crippen LogP contribution in [0.1, 0.15) is 30.1 Å². The van der Waals surface area contributed by atoms with Crippen LogP contribution in [0.2, 0.25) is 5.15 Å². The van der Waals surface area contributed by atoms with Gasteiger partial charge in [-0.2, -0.15) is 0 Å². The second-order valence-corrected chi connectivity index (χ2v) is 6.05. The number of aromatic nitrogens is 2. The normalized spacial score (nSPS) is 14.7. The van der Waals surface area contributed by atoms with Crippen LogP contribution in [0.5, 0.6) is 0 Å².